The van der Waals surface area contributed by atoms with Gasteiger partial charge < -0.3 is 9.32 Å². The van der Waals surface area contributed by atoms with Crippen molar-refractivity contribution in [3.63, 3.8) is 0 Å². The van der Waals surface area contributed by atoms with Crippen molar-refractivity contribution in [1.82, 2.24) is 14.9 Å². The van der Waals surface area contributed by atoms with E-state index in [1.165, 1.54) is 0 Å². The lowest BCUT2D eigenvalue weighted by atomic mass is 10.1. The number of fused-ring (bicyclic) bond motifs is 1. The molecule has 0 spiro atoms. The molecule has 0 radical (unpaired) electrons. The van der Waals surface area contributed by atoms with Gasteiger partial charge in [-0.1, -0.05) is 48.0 Å². The highest BCUT2D eigenvalue weighted by Gasteiger charge is 2.35. The zero-order chi connectivity index (χ0) is 20.5. The molecule has 0 bridgehead atoms. The number of pyridine rings is 1. The molecule has 30 heavy (non-hydrogen) atoms. The van der Waals surface area contributed by atoms with Crippen LogP contribution in [0.4, 0.5) is 0 Å². The molecule has 150 valence electrons. The van der Waals surface area contributed by atoms with Crippen molar-refractivity contribution in [1.29, 1.82) is 0 Å². The van der Waals surface area contributed by atoms with E-state index in [0.717, 1.165) is 34.9 Å². The van der Waals surface area contributed by atoms with Crippen LogP contribution in [0.3, 0.4) is 0 Å². The predicted molar refractivity (Wildman–Crippen MR) is 116 cm³/mol. The van der Waals surface area contributed by atoms with Crippen LogP contribution in [0, 0.1) is 0 Å². The Kier molecular flexibility index (Phi) is 4.97. The molecule has 6 heteroatoms. The Morgan fingerprint density at radius 1 is 1.10 bits per heavy atom. The molecule has 5 rings (SSSR count). The molecule has 0 saturated carbocycles. The van der Waals surface area contributed by atoms with E-state index in [2.05, 4.69) is 9.97 Å². The normalized spacial score (nSPS) is 16.3. The van der Waals surface area contributed by atoms with Gasteiger partial charge in [-0.25, -0.2) is 4.98 Å². The third kappa shape index (κ3) is 3.57. The monoisotopic (exact) mass is 417 g/mol. The van der Waals surface area contributed by atoms with Gasteiger partial charge in [0.05, 0.1) is 6.20 Å². The fraction of sp³-hybridized carbons (Fsp3) is 0.208. The fourth-order valence-corrected chi connectivity index (χ4v) is 4.18. The molecule has 1 atom stereocenters. The van der Waals surface area contributed by atoms with E-state index in [0.29, 0.717) is 29.6 Å². The highest BCUT2D eigenvalue weighted by atomic mass is 35.5. The lowest BCUT2D eigenvalue weighted by molar-refractivity contribution is 0.0711. The van der Waals surface area contributed by atoms with Crippen molar-refractivity contribution in [3.8, 4) is 0 Å². The van der Waals surface area contributed by atoms with Crippen LogP contribution in [0.5, 0.6) is 0 Å². The number of hydrogen-bond acceptors (Lipinski definition) is 4. The maximum absolute atomic E-state index is 13.4. The Balaban J connectivity index is 1.39. The molecule has 0 aliphatic carbocycles. The van der Waals surface area contributed by atoms with Gasteiger partial charge in [0.1, 0.15) is 17.5 Å². The first-order chi connectivity index (χ1) is 14.7. The van der Waals surface area contributed by atoms with Crippen LogP contribution in [0.2, 0.25) is 5.02 Å². The van der Waals surface area contributed by atoms with Crippen molar-refractivity contribution in [2.75, 3.05) is 6.54 Å². The number of nitrogens with zero attached hydrogens (tertiary/aromatic N) is 3. The summed E-state index contributed by atoms with van der Waals surface area (Å²) in [5, 5.41) is 2.58. The molecule has 1 aliphatic rings. The number of amides is 1. The quantitative estimate of drug-likeness (QED) is 0.443. The van der Waals surface area contributed by atoms with E-state index < -0.39 is 0 Å². The minimum Gasteiger partial charge on any atom is -0.443 e. The fourth-order valence-electron chi connectivity index (χ4n) is 4.05. The van der Waals surface area contributed by atoms with E-state index in [-0.39, 0.29) is 11.9 Å². The minimum absolute atomic E-state index is 0.0771. The molecule has 0 unspecified atom stereocenters. The molecular formula is C24H20ClN3O2. The molecule has 4 aromatic rings. The van der Waals surface area contributed by atoms with E-state index in [1.54, 1.807) is 12.4 Å². The molecule has 3 heterocycles. The van der Waals surface area contributed by atoms with E-state index >= 15 is 0 Å². The number of carbonyl (C=O) groups is 1. The van der Waals surface area contributed by atoms with Gasteiger partial charge in [-0.05, 0) is 42.0 Å². The maximum atomic E-state index is 13.4. The summed E-state index contributed by atoms with van der Waals surface area (Å²) < 4.78 is 6.05. The highest BCUT2D eigenvalue weighted by Crippen LogP contribution is 2.34. The van der Waals surface area contributed by atoms with Crippen LogP contribution in [0.15, 0.2) is 71.4 Å². The second-order valence-corrected chi connectivity index (χ2v) is 7.94. The van der Waals surface area contributed by atoms with Crippen molar-refractivity contribution < 1.29 is 9.21 Å². The average Bonchev–Trinajstić information content (AvgIpc) is 3.44. The smallest absolute Gasteiger partial charge is 0.273 e. The molecule has 1 saturated heterocycles. The first-order valence-electron chi connectivity index (χ1n) is 10.0. The van der Waals surface area contributed by atoms with Gasteiger partial charge in [-0.2, -0.15) is 0 Å². The third-order valence-corrected chi connectivity index (χ3v) is 5.79. The Morgan fingerprint density at radius 3 is 2.80 bits per heavy atom. The molecular weight excluding hydrogens is 398 g/mol. The standard InChI is InChI=1S/C24H20ClN3O2/c25-18-9-7-16(8-10-18)14-19-15-27-23(30-19)21-6-3-13-28(21)24(29)22-20-5-2-1-4-17(20)11-12-26-22/h1-2,4-5,7-12,15,21H,3,6,13-14H2/t21-/m0/s1. The summed E-state index contributed by atoms with van der Waals surface area (Å²) >= 11 is 5.96. The Labute approximate surface area is 179 Å². The molecule has 5 nitrogen and oxygen atoms in total. The van der Waals surface area contributed by atoms with Gasteiger partial charge >= 0.3 is 0 Å². The van der Waals surface area contributed by atoms with E-state index in [9.17, 15) is 4.79 Å². The molecule has 1 amide bonds. The summed E-state index contributed by atoms with van der Waals surface area (Å²) in [6.45, 7) is 0.670. The highest BCUT2D eigenvalue weighted by molar-refractivity contribution is 6.30. The Bertz CT molecular complexity index is 1200. The summed E-state index contributed by atoms with van der Waals surface area (Å²) in [5.74, 6) is 1.28. The van der Waals surface area contributed by atoms with Crippen molar-refractivity contribution in [2.45, 2.75) is 25.3 Å². The number of rotatable bonds is 4. The SMILES string of the molecule is O=C(c1nccc2ccccc12)N1CCC[C@H]1c1ncc(Cc2ccc(Cl)cc2)o1. The first-order valence-corrected chi connectivity index (χ1v) is 10.4. The summed E-state index contributed by atoms with van der Waals surface area (Å²) in [6, 6.07) is 17.3. The van der Waals surface area contributed by atoms with Crippen LogP contribution in [0.25, 0.3) is 10.8 Å². The number of halogens is 1. The summed E-state index contributed by atoms with van der Waals surface area (Å²) in [7, 11) is 0. The second kappa shape index (κ2) is 7.92. The minimum atomic E-state index is -0.169. The van der Waals surface area contributed by atoms with Gasteiger partial charge in [0.15, 0.2) is 0 Å². The van der Waals surface area contributed by atoms with Gasteiger partial charge in [0.2, 0.25) is 5.89 Å². The van der Waals surface area contributed by atoms with Crippen LogP contribution in [-0.2, 0) is 6.42 Å². The van der Waals surface area contributed by atoms with Crippen LogP contribution in [-0.4, -0.2) is 27.3 Å². The number of hydrogen-bond donors (Lipinski definition) is 0. The van der Waals surface area contributed by atoms with Gasteiger partial charge in [0.25, 0.3) is 5.91 Å². The maximum Gasteiger partial charge on any atom is 0.273 e. The lowest BCUT2D eigenvalue weighted by Crippen LogP contribution is -2.31. The number of likely N-dealkylation sites (tertiary alicyclic amines) is 1. The number of aromatic nitrogens is 2. The Hall–Kier alpha value is -3.18. The summed E-state index contributed by atoms with van der Waals surface area (Å²) in [5.41, 5.74) is 1.58. The number of carbonyl (C=O) groups excluding carboxylic acids is 1. The lowest BCUT2D eigenvalue weighted by Gasteiger charge is -2.22. The van der Waals surface area contributed by atoms with Crippen LogP contribution >= 0.6 is 11.6 Å². The summed E-state index contributed by atoms with van der Waals surface area (Å²) in [4.78, 5) is 24.1. The van der Waals surface area contributed by atoms with Crippen LogP contribution < -0.4 is 0 Å². The average molecular weight is 418 g/mol. The third-order valence-electron chi connectivity index (χ3n) is 5.54. The molecule has 0 N–H and O–H groups in total. The van der Waals surface area contributed by atoms with Crippen molar-refractivity contribution in [2.24, 2.45) is 0 Å². The van der Waals surface area contributed by atoms with Crippen LogP contribution in [0.1, 0.15) is 46.6 Å². The van der Waals surface area contributed by atoms with E-state index in [4.69, 9.17) is 16.0 Å². The molecule has 1 fully saturated rings. The zero-order valence-corrected chi connectivity index (χ0v) is 17.0. The molecule has 2 aromatic heterocycles. The summed E-state index contributed by atoms with van der Waals surface area (Å²) in [6.07, 6.45) is 5.82. The van der Waals surface area contributed by atoms with Crippen molar-refractivity contribution in [3.05, 3.63) is 94.9 Å². The van der Waals surface area contributed by atoms with E-state index in [1.807, 2.05) is 59.5 Å². The van der Waals surface area contributed by atoms with Gasteiger partial charge in [0, 0.05) is 29.6 Å². The predicted octanol–water partition coefficient (Wildman–Crippen LogP) is 5.44. The zero-order valence-electron chi connectivity index (χ0n) is 16.3. The number of oxazole rings is 1. The van der Waals surface area contributed by atoms with Gasteiger partial charge in [-0.3, -0.25) is 9.78 Å². The first kappa shape index (κ1) is 18.8. The largest absolute Gasteiger partial charge is 0.443 e. The second-order valence-electron chi connectivity index (χ2n) is 7.51. The van der Waals surface area contributed by atoms with Crippen molar-refractivity contribution >= 4 is 28.3 Å². The van der Waals surface area contributed by atoms with Gasteiger partial charge in [-0.15, -0.1) is 0 Å². The molecule has 1 aliphatic heterocycles. The number of benzene rings is 2. The Morgan fingerprint density at radius 2 is 1.93 bits per heavy atom. The topological polar surface area (TPSA) is 59.2 Å². The molecule has 2 aromatic carbocycles.